The Bertz CT molecular complexity index is 228. The quantitative estimate of drug-likeness (QED) is 0.467. The van der Waals surface area contributed by atoms with E-state index in [0.29, 0.717) is 0 Å². The summed E-state index contributed by atoms with van der Waals surface area (Å²) in [6.07, 6.45) is -4.07. The lowest BCUT2D eigenvalue weighted by Gasteiger charge is -2.42. The Morgan fingerprint density at radius 1 is 1.25 bits per heavy atom. The van der Waals surface area contributed by atoms with Gasteiger partial charge in [0.1, 0.15) is 18.3 Å². The van der Waals surface area contributed by atoms with Gasteiger partial charge in [0.15, 0.2) is 6.29 Å². The molecule has 96 valence electrons. The molecule has 6 nitrogen and oxygen atoms in total. The van der Waals surface area contributed by atoms with Crippen molar-refractivity contribution in [1.29, 1.82) is 0 Å². The Balaban J connectivity index is 2.71. The molecular formula is C10H21NO5. The molecule has 0 amide bonds. The summed E-state index contributed by atoms with van der Waals surface area (Å²) < 4.78 is 10.8. The lowest BCUT2D eigenvalue weighted by Crippen LogP contribution is -2.63. The van der Waals surface area contributed by atoms with Crippen molar-refractivity contribution < 1.29 is 24.8 Å². The van der Waals surface area contributed by atoms with E-state index in [1.54, 1.807) is 0 Å². The molecule has 0 aliphatic carbocycles. The second-order valence-electron chi connectivity index (χ2n) is 5.01. The minimum absolute atomic E-state index is 0.394. The highest BCUT2D eigenvalue weighted by molar-refractivity contribution is 4.92. The predicted octanol–water partition coefficient (Wildman–Crippen LogP) is -1.43. The first-order chi connectivity index (χ1) is 7.26. The summed E-state index contributed by atoms with van der Waals surface area (Å²) in [5, 5.41) is 28.2. The van der Waals surface area contributed by atoms with Crippen LogP contribution in [0.3, 0.4) is 0 Å². The van der Waals surface area contributed by atoms with E-state index in [9.17, 15) is 10.2 Å². The van der Waals surface area contributed by atoms with Crippen LogP contribution in [-0.4, -0.2) is 58.2 Å². The van der Waals surface area contributed by atoms with Crippen molar-refractivity contribution in [3.63, 3.8) is 0 Å². The lowest BCUT2D eigenvalue weighted by molar-refractivity contribution is -0.289. The first-order valence-corrected chi connectivity index (χ1v) is 5.32. The third kappa shape index (κ3) is 3.13. The van der Waals surface area contributed by atoms with Crippen molar-refractivity contribution >= 4 is 0 Å². The molecule has 1 aliphatic heterocycles. The maximum Gasteiger partial charge on any atom is 0.176 e. The second-order valence-corrected chi connectivity index (χ2v) is 5.01. The molecule has 0 saturated carbocycles. The third-order valence-electron chi connectivity index (χ3n) is 2.40. The number of nitrogens with two attached hydrogens (primary N) is 1. The van der Waals surface area contributed by atoms with Crippen LogP contribution in [0.15, 0.2) is 0 Å². The fourth-order valence-corrected chi connectivity index (χ4v) is 1.56. The molecule has 1 saturated heterocycles. The van der Waals surface area contributed by atoms with Gasteiger partial charge in [-0.2, -0.15) is 0 Å². The summed E-state index contributed by atoms with van der Waals surface area (Å²) in [4.78, 5) is 0. The van der Waals surface area contributed by atoms with E-state index in [0.717, 1.165) is 0 Å². The van der Waals surface area contributed by atoms with E-state index >= 15 is 0 Å². The molecule has 1 fully saturated rings. The van der Waals surface area contributed by atoms with E-state index in [1.165, 1.54) is 0 Å². The molecule has 0 spiro atoms. The van der Waals surface area contributed by atoms with Crippen molar-refractivity contribution in [2.75, 3.05) is 6.61 Å². The Hall–Kier alpha value is -0.240. The van der Waals surface area contributed by atoms with E-state index in [4.69, 9.17) is 20.3 Å². The molecular weight excluding hydrogens is 214 g/mol. The maximum absolute atomic E-state index is 9.67. The van der Waals surface area contributed by atoms with E-state index in [-0.39, 0.29) is 0 Å². The summed E-state index contributed by atoms with van der Waals surface area (Å²) >= 11 is 0. The van der Waals surface area contributed by atoms with Gasteiger partial charge in [-0.05, 0) is 20.8 Å². The van der Waals surface area contributed by atoms with Gasteiger partial charge in [0.25, 0.3) is 0 Å². The van der Waals surface area contributed by atoms with Crippen molar-refractivity contribution in [2.45, 2.75) is 57.0 Å². The fraction of sp³-hybridized carbons (Fsp3) is 1.00. The lowest BCUT2D eigenvalue weighted by atomic mass is 9.97. The molecule has 0 bridgehead atoms. The normalized spacial score (nSPS) is 41.1. The maximum atomic E-state index is 9.67. The molecule has 0 aromatic carbocycles. The smallest absolute Gasteiger partial charge is 0.176 e. The molecule has 1 rings (SSSR count). The van der Waals surface area contributed by atoms with Crippen molar-refractivity contribution in [3.8, 4) is 0 Å². The number of rotatable bonds is 2. The third-order valence-corrected chi connectivity index (χ3v) is 2.40. The SMILES string of the molecule is CC(C)(C)O[C@H]1OC(CO)[C@H](O)[C@H](O)C1N. The Morgan fingerprint density at radius 2 is 1.81 bits per heavy atom. The second kappa shape index (κ2) is 4.95. The summed E-state index contributed by atoms with van der Waals surface area (Å²) in [6, 6.07) is -0.836. The highest BCUT2D eigenvalue weighted by Crippen LogP contribution is 2.24. The number of hydrogen-bond donors (Lipinski definition) is 4. The fourth-order valence-electron chi connectivity index (χ4n) is 1.56. The van der Waals surface area contributed by atoms with Gasteiger partial charge in [-0.25, -0.2) is 0 Å². The van der Waals surface area contributed by atoms with E-state index < -0.39 is 42.9 Å². The Kier molecular flexibility index (Phi) is 4.28. The molecule has 6 heteroatoms. The molecule has 1 aliphatic rings. The van der Waals surface area contributed by atoms with Gasteiger partial charge >= 0.3 is 0 Å². The average molecular weight is 235 g/mol. The van der Waals surface area contributed by atoms with Gasteiger partial charge in [0, 0.05) is 0 Å². The van der Waals surface area contributed by atoms with Gasteiger partial charge in [0.2, 0.25) is 0 Å². The highest BCUT2D eigenvalue weighted by atomic mass is 16.7. The standard InChI is InChI=1S/C10H21NO5/c1-10(2,3)16-9-6(11)8(14)7(13)5(4-12)15-9/h5-9,12-14H,4,11H2,1-3H3/t5?,6?,7-,8+,9+/m0/s1. The number of aliphatic hydroxyl groups is 3. The molecule has 5 N–H and O–H groups in total. The Morgan fingerprint density at radius 3 is 2.25 bits per heavy atom. The molecule has 0 aromatic heterocycles. The van der Waals surface area contributed by atoms with Crippen molar-refractivity contribution in [3.05, 3.63) is 0 Å². The van der Waals surface area contributed by atoms with Crippen LogP contribution >= 0.6 is 0 Å². The van der Waals surface area contributed by atoms with Crippen LogP contribution in [0.5, 0.6) is 0 Å². The molecule has 0 aromatic rings. The summed E-state index contributed by atoms with van der Waals surface area (Å²) in [6.45, 7) is 5.09. The van der Waals surface area contributed by atoms with Gasteiger partial charge in [-0.3, -0.25) is 0 Å². The molecule has 0 radical (unpaired) electrons. The van der Waals surface area contributed by atoms with Crippen molar-refractivity contribution in [1.82, 2.24) is 0 Å². The first kappa shape index (κ1) is 13.8. The Labute approximate surface area is 95.0 Å². The van der Waals surface area contributed by atoms with Gasteiger partial charge in [0.05, 0.1) is 18.2 Å². The first-order valence-electron chi connectivity index (χ1n) is 5.32. The topological polar surface area (TPSA) is 105 Å². The zero-order chi connectivity index (χ0) is 12.5. The van der Waals surface area contributed by atoms with Crippen LogP contribution in [0, 0.1) is 0 Å². The van der Waals surface area contributed by atoms with Crippen molar-refractivity contribution in [2.24, 2.45) is 5.73 Å². The molecule has 16 heavy (non-hydrogen) atoms. The number of hydrogen-bond acceptors (Lipinski definition) is 6. The van der Waals surface area contributed by atoms with Crippen LogP contribution in [0.4, 0.5) is 0 Å². The van der Waals surface area contributed by atoms with E-state index in [1.807, 2.05) is 20.8 Å². The molecule has 1 heterocycles. The minimum atomic E-state index is -1.19. The molecule has 2 unspecified atom stereocenters. The average Bonchev–Trinajstić information content (AvgIpc) is 2.17. The largest absolute Gasteiger partial charge is 0.394 e. The van der Waals surface area contributed by atoms with Crippen LogP contribution < -0.4 is 5.73 Å². The van der Waals surface area contributed by atoms with E-state index in [2.05, 4.69) is 0 Å². The van der Waals surface area contributed by atoms with Crippen LogP contribution in [0.2, 0.25) is 0 Å². The predicted molar refractivity (Wildman–Crippen MR) is 56.6 cm³/mol. The number of ether oxygens (including phenoxy) is 2. The van der Waals surface area contributed by atoms with Crippen LogP contribution in [-0.2, 0) is 9.47 Å². The molecule has 5 atom stereocenters. The summed E-state index contributed by atoms with van der Waals surface area (Å²) in [7, 11) is 0. The zero-order valence-electron chi connectivity index (χ0n) is 9.83. The van der Waals surface area contributed by atoms with Crippen LogP contribution in [0.1, 0.15) is 20.8 Å². The minimum Gasteiger partial charge on any atom is -0.394 e. The highest BCUT2D eigenvalue weighted by Gasteiger charge is 2.44. The number of aliphatic hydroxyl groups excluding tert-OH is 3. The summed E-state index contributed by atoms with van der Waals surface area (Å²) in [5.74, 6) is 0. The zero-order valence-corrected chi connectivity index (χ0v) is 9.83. The van der Waals surface area contributed by atoms with Gasteiger partial charge in [-0.1, -0.05) is 0 Å². The van der Waals surface area contributed by atoms with Gasteiger partial charge < -0.3 is 30.5 Å². The summed E-state index contributed by atoms with van der Waals surface area (Å²) in [5.41, 5.74) is 5.21. The van der Waals surface area contributed by atoms with Crippen LogP contribution in [0.25, 0.3) is 0 Å². The van der Waals surface area contributed by atoms with Gasteiger partial charge in [-0.15, -0.1) is 0 Å². The monoisotopic (exact) mass is 235 g/mol.